The summed E-state index contributed by atoms with van der Waals surface area (Å²) in [6.07, 6.45) is 13.7. The number of carbonyl (C=O) groups excluding carboxylic acids is 1. The first-order valence-electron chi connectivity index (χ1n) is 8.17. The molecule has 1 N–H and O–H groups in total. The highest BCUT2D eigenvalue weighted by Gasteiger charge is 2.40. The van der Waals surface area contributed by atoms with E-state index in [0.29, 0.717) is 23.8 Å². The number of nitrogens with one attached hydrogen (secondary N) is 1. The van der Waals surface area contributed by atoms with Gasteiger partial charge in [0.25, 0.3) is 0 Å². The number of aromatic carboxylic acids is 1. The fourth-order valence-electron chi connectivity index (χ4n) is 4.37. The molecule has 0 radical (unpaired) electrons. The molecule has 3 heteroatoms. The van der Waals surface area contributed by atoms with Crippen LogP contribution in [0.25, 0.3) is 0 Å². The maximum atomic E-state index is 11.1. The van der Waals surface area contributed by atoms with Crippen molar-refractivity contribution < 1.29 is 9.90 Å². The van der Waals surface area contributed by atoms with Gasteiger partial charge >= 0.3 is 0 Å². The second kappa shape index (κ2) is 5.31. The molecule has 3 nitrogen and oxygen atoms in total. The maximum absolute atomic E-state index is 11.1. The van der Waals surface area contributed by atoms with Crippen LogP contribution >= 0.6 is 0 Å². The molecule has 0 spiro atoms. The smallest absolute Gasteiger partial charge is 0.0715 e. The summed E-state index contributed by atoms with van der Waals surface area (Å²) in [5.74, 6) is 0.458. The van der Waals surface area contributed by atoms with Crippen molar-refractivity contribution in [2.24, 2.45) is 11.8 Å². The summed E-state index contributed by atoms with van der Waals surface area (Å²) in [5.41, 5.74) is 2.49. The summed E-state index contributed by atoms with van der Waals surface area (Å²) >= 11 is 0. The van der Waals surface area contributed by atoms with Crippen LogP contribution in [0.4, 0.5) is 5.69 Å². The van der Waals surface area contributed by atoms with E-state index in [1.54, 1.807) is 12.1 Å². The lowest BCUT2D eigenvalue weighted by atomic mass is 9.72. The minimum Gasteiger partial charge on any atom is -0.545 e. The van der Waals surface area contributed by atoms with E-state index in [0.717, 1.165) is 24.1 Å². The van der Waals surface area contributed by atoms with Crippen LogP contribution in [0.3, 0.4) is 0 Å². The summed E-state index contributed by atoms with van der Waals surface area (Å²) in [6, 6.07) is 5.83. The van der Waals surface area contributed by atoms with Crippen molar-refractivity contribution in [3.8, 4) is 0 Å². The van der Waals surface area contributed by atoms with Crippen molar-refractivity contribution in [2.45, 2.75) is 37.6 Å². The Hall–Kier alpha value is -2.03. The number of carboxylic acid groups (broad SMARTS) is 1. The number of hydrogen-bond donors (Lipinski definition) is 1. The molecular formula is C19H20NO2-. The van der Waals surface area contributed by atoms with Crippen LogP contribution in [-0.4, -0.2) is 12.0 Å². The molecule has 0 fully saturated rings. The number of fused-ring (bicyclic) bond motifs is 3. The molecular weight excluding hydrogens is 274 g/mol. The van der Waals surface area contributed by atoms with Gasteiger partial charge in [0.1, 0.15) is 0 Å². The molecule has 1 heterocycles. The number of hydrogen-bond acceptors (Lipinski definition) is 3. The first-order valence-corrected chi connectivity index (χ1v) is 8.17. The van der Waals surface area contributed by atoms with Gasteiger partial charge < -0.3 is 15.2 Å². The Morgan fingerprint density at radius 1 is 1.18 bits per heavy atom. The van der Waals surface area contributed by atoms with E-state index < -0.39 is 5.97 Å². The van der Waals surface area contributed by atoms with Gasteiger partial charge in [0.15, 0.2) is 0 Å². The molecule has 0 saturated heterocycles. The number of carbonyl (C=O) groups is 1. The average Bonchev–Trinajstić information content (AvgIpc) is 3.04. The lowest BCUT2D eigenvalue weighted by Crippen LogP contribution is -2.42. The maximum Gasteiger partial charge on any atom is 0.0715 e. The van der Waals surface area contributed by atoms with Crippen LogP contribution in [0.15, 0.2) is 42.5 Å². The van der Waals surface area contributed by atoms with Crippen molar-refractivity contribution in [3.63, 3.8) is 0 Å². The second-order valence-corrected chi connectivity index (χ2v) is 6.66. The zero-order chi connectivity index (χ0) is 15.1. The first-order chi connectivity index (χ1) is 10.7. The van der Waals surface area contributed by atoms with Crippen molar-refractivity contribution in [1.29, 1.82) is 0 Å². The van der Waals surface area contributed by atoms with Crippen LogP contribution < -0.4 is 10.4 Å². The molecule has 0 amide bonds. The zero-order valence-corrected chi connectivity index (χ0v) is 12.5. The second-order valence-electron chi connectivity index (χ2n) is 6.66. The fraction of sp³-hybridized carbons (Fsp3) is 0.421. The number of allylic oxidation sites excluding steroid dienone is 4. The predicted octanol–water partition coefficient (Wildman–Crippen LogP) is 2.86. The highest BCUT2D eigenvalue weighted by atomic mass is 16.4. The summed E-state index contributed by atoms with van der Waals surface area (Å²) in [4.78, 5) is 11.1. The normalized spacial score (nSPS) is 32.2. The molecule has 3 aliphatic rings. The molecule has 2 aliphatic carbocycles. The molecule has 0 saturated carbocycles. The van der Waals surface area contributed by atoms with Gasteiger partial charge in [0.2, 0.25) is 0 Å². The standard InChI is InChI=1S/C19H21NO2/c21-19(22)13-9-10-17-16(11-13)14-7-4-8-15(14)18(20-17)12-5-2-1-3-6-12/h1-2,4,7,9-12,14-15,18,20H,3,5-6,8H2,(H,21,22)/p-1. The Morgan fingerprint density at radius 2 is 2.09 bits per heavy atom. The molecule has 4 rings (SSSR count). The lowest BCUT2D eigenvalue weighted by molar-refractivity contribution is -0.255. The highest BCUT2D eigenvalue weighted by Crippen LogP contribution is 2.47. The molecule has 1 aliphatic heterocycles. The van der Waals surface area contributed by atoms with Gasteiger partial charge in [-0.2, -0.15) is 0 Å². The highest BCUT2D eigenvalue weighted by molar-refractivity contribution is 5.87. The first kappa shape index (κ1) is 13.6. The van der Waals surface area contributed by atoms with Crippen LogP contribution in [0.5, 0.6) is 0 Å². The van der Waals surface area contributed by atoms with E-state index >= 15 is 0 Å². The summed E-state index contributed by atoms with van der Waals surface area (Å²) in [5, 5.41) is 14.9. The summed E-state index contributed by atoms with van der Waals surface area (Å²) < 4.78 is 0. The van der Waals surface area contributed by atoms with E-state index in [2.05, 4.69) is 29.6 Å². The van der Waals surface area contributed by atoms with Crippen LogP contribution in [-0.2, 0) is 0 Å². The predicted molar refractivity (Wildman–Crippen MR) is 84.7 cm³/mol. The Kier molecular flexibility index (Phi) is 3.29. The summed E-state index contributed by atoms with van der Waals surface area (Å²) in [7, 11) is 0. The SMILES string of the molecule is O=C([O-])c1ccc2c(c1)C1C=CCC1C(C1CC=CCC1)N2. The minimum absolute atomic E-state index is 0.277. The van der Waals surface area contributed by atoms with Gasteiger partial charge in [-0.05, 0) is 60.8 Å². The molecule has 4 atom stereocenters. The van der Waals surface area contributed by atoms with Crippen molar-refractivity contribution in [2.75, 3.05) is 5.32 Å². The Morgan fingerprint density at radius 3 is 2.86 bits per heavy atom. The molecule has 1 aromatic carbocycles. The van der Waals surface area contributed by atoms with E-state index in [9.17, 15) is 9.90 Å². The van der Waals surface area contributed by atoms with Crippen molar-refractivity contribution in [3.05, 3.63) is 53.6 Å². The molecule has 114 valence electrons. The van der Waals surface area contributed by atoms with E-state index in [-0.39, 0.29) is 5.56 Å². The Labute approximate surface area is 130 Å². The summed E-state index contributed by atoms with van der Waals surface area (Å²) in [6.45, 7) is 0. The van der Waals surface area contributed by atoms with Gasteiger partial charge in [0.05, 0.1) is 5.97 Å². The molecule has 4 unspecified atom stereocenters. The van der Waals surface area contributed by atoms with E-state index in [1.807, 2.05) is 6.07 Å². The Balaban J connectivity index is 1.70. The quantitative estimate of drug-likeness (QED) is 0.853. The Bertz CT molecular complexity index is 661. The van der Waals surface area contributed by atoms with E-state index in [4.69, 9.17) is 0 Å². The third kappa shape index (κ3) is 2.16. The molecule has 1 aromatic rings. The van der Waals surface area contributed by atoms with Gasteiger partial charge in [-0.3, -0.25) is 0 Å². The minimum atomic E-state index is -1.10. The lowest BCUT2D eigenvalue weighted by Gasteiger charge is -2.42. The van der Waals surface area contributed by atoms with Crippen molar-refractivity contribution in [1.82, 2.24) is 0 Å². The molecule has 0 bridgehead atoms. The molecule has 0 aromatic heterocycles. The topological polar surface area (TPSA) is 52.2 Å². The van der Waals surface area contributed by atoms with Crippen LogP contribution in [0.2, 0.25) is 0 Å². The number of anilines is 1. The third-order valence-electron chi connectivity index (χ3n) is 5.46. The largest absolute Gasteiger partial charge is 0.545 e. The van der Waals surface area contributed by atoms with Gasteiger partial charge in [-0.1, -0.05) is 30.4 Å². The third-order valence-corrected chi connectivity index (χ3v) is 5.46. The van der Waals surface area contributed by atoms with Gasteiger partial charge in [-0.15, -0.1) is 0 Å². The van der Waals surface area contributed by atoms with E-state index in [1.165, 1.54) is 12.8 Å². The molecule has 22 heavy (non-hydrogen) atoms. The monoisotopic (exact) mass is 294 g/mol. The van der Waals surface area contributed by atoms with Gasteiger partial charge in [0, 0.05) is 17.6 Å². The fourth-order valence-corrected chi connectivity index (χ4v) is 4.37. The van der Waals surface area contributed by atoms with Crippen LogP contribution in [0, 0.1) is 11.8 Å². The number of carboxylic acids is 1. The number of rotatable bonds is 2. The number of benzene rings is 1. The zero-order valence-electron chi connectivity index (χ0n) is 12.5. The average molecular weight is 294 g/mol. The van der Waals surface area contributed by atoms with Gasteiger partial charge in [-0.25, -0.2) is 0 Å². The van der Waals surface area contributed by atoms with Crippen molar-refractivity contribution >= 4 is 11.7 Å². The van der Waals surface area contributed by atoms with Crippen LogP contribution in [0.1, 0.15) is 47.5 Å².